The summed E-state index contributed by atoms with van der Waals surface area (Å²) in [6.45, 7) is 7.85. The van der Waals surface area contributed by atoms with E-state index in [1.54, 1.807) is 11.6 Å². The van der Waals surface area contributed by atoms with Crippen LogP contribution in [0.3, 0.4) is 0 Å². The van der Waals surface area contributed by atoms with E-state index in [1.807, 2.05) is 31.5 Å². The Kier molecular flexibility index (Phi) is 4.65. The van der Waals surface area contributed by atoms with Crippen LogP contribution < -0.4 is 15.8 Å². The Balaban J connectivity index is 1.40. The minimum atomic E-state index is -0.0578. The lowest BCUT2D eigenvalue weighted by Crippen LogP contribution is -2.56. The third-order valence-electron chi connectivity index (χ3n) is 5.15. The second kappa shape index (κ2) is 7.09. The number of ether oxygens (including phenoxy) is 1. The highest BCUT2D eigenvalue weighted by Crippen LogP contribution is 2.20. The van der Waals surface area contributed by atoms with Gasteiger partial charge < -0.3 is 19.5 Å². The summed E-state index contributed by atoms with van der Waals surface area (Å²) in [6, 6.07) is 6.46. The van der Waals surface area contributed by atoms with E-state index in [2.05, 4.69) is 26.2 Å². The maximum Gasteiger partial charge on any atom is 0.274 e. The van der Waals surface area contributed by atoms with Crippen LogP contribution in [0.1, 0.15) is 5.56 Å². The van der Waals surface area contributed by atoms with E-state index < -0.39 is 0 Å². The zero-order valence-electron chi connectivity index (χ0n) is 15.3. The topological polar surface area (TPSA) is 62.6 Å². The van der Waals surface area contributed by atoms with Crippen LogP contribution >= 0.6 is 0 Å². The number of rotatable bonds is 4. The van der Waals surface area contributed by atoms with Gasteiger partial charge in [0.25, 0.3) is 5.56 Å². The first-order valence-corrected chi connectivity index (χ1v) is 9.07. The summed E-state index contributed by atoms with van der Waals surface area (Å²) in [5.41, 5.74) is 2.64. The lowest BCUT2D eigenvalue weighted by Gasteiger charge is -2.43. The van der Waals surface area contributed by atoms with Gasteiger partial charge in [-0.2, -0.15) is 0 Å². The number of aromatic nitrogens is 2. The van der Waals surface area contributed by atoms with Gasteiger partial charge in [-0.25, -0.2) is 4.98 Å². The molecule has 2 aliphatic heterocycles. The van der Waals surface area contributed by atoms with Gasteiger partial charge in [0.15, 0.2) is 0 Å². The molecule has 0 unspecified atom stereocenters. The van der Waals surface area contributed by atoms with Crippen molar-refractivity contribution in [2.45, 2.75) is 13.0 Å². The predicted molar refractivity (Wildman–Crippen MR) is 102 cm³/mol. The Morgan fingerprint density at radius 2 is 1.96 bits per heavy atom. The summed E-state index contributed by atoms with van der Waals surface area (Å²) in [4.78, 5) is 21.6. The summed E-state index contributed by atoms with van der Waals surface area (Å²) in [6.07, 6.45) is 3.70. The molecule has 0 amide bonds. The fourth-order valence-electron chi connectivity index (χ4n) is 3.53. The number of anilines is 3. The van der Waals surface area contributed by atoms with Gasteiger partial charge >= 0.3 is 0 Å². The molecule has 2 saturated heterocycles. The van der Waals surface area contributed by atoms with E-state index in [0.29, 0.717) is 17.5 Å². The van der Waals surface area contributed by atoms with Gasteiger partial charge in [0.1, 0.15) is 11.5 Å². The zero-order valence-corrected chi connectivity index (χ0v) is 15.3. The van der Waals surface area contributed by atoms with Crippen molar-refractivity contribution < 1.29 is 4.74 Å². The van der Waals surface area contributed by atoms with Gasteiger partial charge in [-0.15, -0.1) is 0 Å². The van der Waals surface area contributed by atoms with Crippen molar-refractivity contribution in [3.63, 3.8) is 0 Å². The highest BCUT2D eigenvalue weighted by Gasteiger charge is 2.28. The van der Waals surface area contributed by atoms with Crippen LogP contribution in [0.2, 0.25) is 0 Å². The Morgan fingerprint density at radius 3 is 2.58 bits per heavy atom. The molecular weight excluding hydrogens is 330 g/mol. The van der Waals surface area contributed by atoms with E-state index in [-0.39, 0.29) is 5.56 Å². The summed E-state index contributed by atoms with van der Waals surface area (Å²) in [7, 11) is 1.76. The summed E-state index contributed by atoms with van der Waals surface area (Å²) in [5, 5.41) is 3.14. The fraction of sp³-hybridized carbons (Fsp3) is 0.474. The van der Waals surface area contributed by atoms with E-state index in [0.717, 1.165) is 50.6 Å². The van der Waals surface area contributed by atoms with Crippen molar-refractivity contribution in [1.29, 1.82) is 0 Å². The Morgan fingerprint density at radius 1 is 1.19 bits per heavy atom. The van der Waals surface area contributed by atoms with Crippen LogP contribution in [0.4, 0.5) is 17.2 Å². The second-order valence-electron chi connectivity index (χ2n) is 7.09. The summed E-state index contributed by atoms with van der Waals surface area (Å²) < 4.78 is 6.87. The van der Waals surface area contributed by atoms with Crippen LogP contribution in [0.15, 0.2) is 35.4 Å². The molecule has 7 nitrogen and oxygen atoms in total. The smallest absolute Gasteiger partial charge is 0.274 e. The van der Waals surface area contributed by atoms with Crippen molar-refractivity contribution in [1.82, 2.24) is 14.5 Å². The molecule has 0 spiro atoms. The van der Waals surface area contributed by atoms with Gasteiger partial charge in [0, 0.05) is 39.4 Å². The molecule has 0 saturated carbocycles. The van der Waals surface area contributed by atoms with Gasteiger partial charge in [-0.1, -0.05) is 0 Å². The monoisotopic (exact) mass is 355 g/mol. The first kappa shape index (κ1) is 17.1. The Labute approximate surface area is 153 Å². The maximum absolute atomic E-state index is 12.2. The standard InChI is InChI=1S/C19H25N5O2/c1-14-9-17(19(25)22(2)11-14)21-18-4-3-15(10-20-18)23-5-7-24(8-6-23)16-12-26-13-16/h3-4,9-11,16H,5-8,12-13H2,1-2H3,(H,20,21). The van der Waals surface area contributed by atoms with E-state index in [1.165, 1.54) is 0 Å². The third-order valence-corrected chi connectivity index (χ3v) is 5.15. The SMILES string of the molecule is Cc1cc(Nc2ccc(N3CCN(C4COC4)CC3)cn2)c(=O)n(C)c1. The average Bonchev–Trinajstić information content (AvgIpc) is 2.59. The molecule has 2 aliphatic rings. The molecule has 0 aliphatic carbocycles. The first-order valence-electron chi connectivity index (χ1n) is 9.07. The second-order valence-corrected chi connectivity index (χ2v) is 7.09. The van der Waals surface area contributed by atoms with Crippen LogP contribution in [0.25, 0.3) is 0 Å². The van der Waals surface area contributed by atoms with Gasteiger partial charge in [-0.05, 0) is 30.7 Å². The number of aryl methyl sites for hydroxylation is 2. The largest absolute Gasteiger partial charge is 0.378 e. The molecule has 2 fully saturated rings. The number of pyridine rings is 2. The molecule has 4 heterocycles. The number of nitrogens with one attached hydrogen (secondary N) is 1. The summed E-state index contributed by atoms with van der Waals surface area (Å²) in [5.74, 6) is 0.682. The normalized spacial score (nSPS) is 18.6. The van der Waals surface area contributed by atoms with Gasteiger partial charge in [0.2, 0.25) is 0 Å². The Bertz CT molecular complexity index is 821. The molecule has 2 aromatic rings. The highest BCUT2D eigenvalue weighted by atomic mass is 16.5. The quantitative estimate of drug-likeness (QED) is 0.893. The molecule has 0 atom stereocenters. The molecule has 1 N–H and O–H groups in total. The number of piperazine rings is 1. The third kappa shape index (κ3) is 3.45. The fourth-order valence-corrected chi connectivity index (χ4v) is 3.53. The molecule has 4 rings (SSSR count). The molecule has 7 heteroatoms. The zero-order chi connectivity index (χ0) is 18.1. The molecule has 26 heavy (non-hydrogen) atoms. The molecule has 2 aromatic heterocycles. The first-order chi connectivity index (χ1) is 12.6. The molecule has 0 bridgehead atoms. The van der Waals surface area contributed by atoms with Crippen LogP contribution in [-0.2, 0) is 11.8 Å². The molecular formula is C19H25N5O2. The van der Waals surface area contributed by atoms with Crippen LogP contribution in [-0.4, -0.2) is 59.9 Å². The number of hydrogen-bond donors (Lipinski definition) is 1. The van der Waals surface area contributed by atoms with Crippen molar-refractivity contribution in [2.24, 2.45) is 7.05 Å². The van der Waals surface area contributed by atoms with Crippen molar-refractivity contribution in [2.75, 3.05) is 49.6 Å². The van der Waals surface area contributed by atoms with Crippen molar-refractivity contribution in [3.05, 3.63) is 46.5 Å². The van der Waals surface area contributed by atoms with Gasteiger partial charge in [0.05, 0.1) is 31.1 Å². The maximum atomic E-state index is 12.2. The van der Waals surface area contributed by atoms with E-state index in [9.17, 15) is 4.79 Å². The van der Waals surface area contributed by atoms with E-state index >= 15 is 0 Å². The summed E-state index contributed by atoms with van der Waals surface area (Å²) >= 11 is 0. The molecule has 0 aromatic carbocycles. The minimum Gasteiger partial charge on any atom is -0.378 e. The van der Waals surface area contributed by atoms with Crippen molar-refractivity contribution in [3.8, 4) is 0 Å². The lowest BCUT2D eigenvalue weighted by molar-refractivity contribution is -0.0660. The number of hydrogen-bond acceptors (Lipinski definition) is 6. The van der Waals surface area contributed by atoms with Crippen LogP contribution in [0.5, 0.6) is 0 Å². The molecule has 138 valence electrons. The van der Waals surface area contributed by atoms with Crippen LogP contribution in [0, 0.1) is 6.92 Å². The van der Waals surface area contributed by atoms with E-state index in [4.69, 9.17) is 4.74 Å². The molecule has 0 radical (unpaired) electrons. The Hall–Kier alpha value is -2.38. The highest BCUT2D eigenvalue weighted by molar-refractivity contribution is 5.58. The average molecular weight is 355 g/mol. The van der Waals surface area contributed by atoms with Crippen molar-refractivity contribution >= 4 is 17.2 Å². The minimum absolute atomic E-state index is 0.0578. The number of nitrogens with zero attached hydrogens (tertiary/aromatic N) is 4. The lowest BCUT2D eigenvalue weighted by atomic mass is 10.2. The van der Waals surface area contributed by atoms with Gasteiger partial charge in [-0.3, -0.25) is 9.69 Å². The predicted octanol–water partition coefficient (Wildman–Crippen LogP) is 1.35.